The van der Waals surface area contributed by atoms with Crippen molar-refractivity contribution >= 4 is 23.7 Å². The van der Waals surface area contributed by atoms with Crippen LogP contribution >= 0.6 is 0 Å². The number of carbonyl (C=O) groups is 3. The Balaban J connectivity index is 1.35. The Morgan fingerprint density at radius 3 is 2.09 bits per heavy atom. The van der Waals surface area contributed by atoms with Gasteiger partial charge in [0.2, 0.25) is 5.91 Å². The van der Waals surface area contributed by atoms with Crippen LogP contribution in [0.3, 0.4) is 0 Å². The number of anilines is 1. The first-order valence-electron chi connectivity index (χ1n) is 11.5. The number of carboxylic acids is 1. The monoisotopic (exact) mass is 472 g/mol. The zero-order valence-electron chi connectivity index (χ0n) is 19.7. The van der Waals surface area contributed by atoms with Gasteiger partial charge in [0.1, 0.15) is 13.2 Å². The molecule has 7 heteroatoms. The highest BCUT2D eigenvalue weighted by Crippen LogP contribution is 2.44. The number of fused-ring (bicyclic) bond motifs is 3. The standard InChI is InChI=1S/C28H28N2O5/c1-18-11-13-20(14-12-18)30(16-26(31)32)27(33)19(2)15-29-28(34)35-17-25-23-9-5-3-7-21(23)22-8-4-6-10-24(22)25/h3-14,19,25H,15-17H2,1-2H3,(H,29,34)(H,31,32). The molecule has 2 amide bonds. The Hall–Kier alpha value is -4.13. The Labute approximate surface area is 204 Å². The smallest absolute Gasteiger partial charge is 0.407 e. The average Bonchev–Trinajstić information content (AvgIpc) is 3.18. The van der Waals surface area contributed by atoms with Crippen LogP contribution in [0.4, 0.5) is 10.5 Å². The fourth-order valence-electron chi connectivity index (χ4n) is 4.40. The second-order valence-corrected chi connectivity index (χ2v) is 8.76. The third-order valence-electron chi connectivity index (χ3n) is 6.22. The van der Waals surface area contributed by atoms with Gasteiger partial charge in [-0.2, -0.15) is 0 Å². The molecule has 4 rings (SSSR count). The van der Waals surface area contributed by atoms with Gasteiger partial charge in [-0.25, -0.2) is 4.79 Å². The molecule has 0 heterocycles. The zero-order chi connectivity index (χ0) is 24.9. The van der Waals surface area contributed by atoms with Crippen molar-refractivity contribution in [2.45, 2.75) is 19.8 Å². The molecule has 1 aliphatic rings. The van der Waals surface area contributed by atoms with E-state index in [-0.39, 0.29) is 19.1 Å². The molecule has 3 aromatic carbocycles. The molecule has 1 atom stereocenters. The highest BCUT2D eigenvalue weighted by atomic mass is 16.5. The molecular weight excluding hydrogens is 444 g/mol. The van der Waals surface area contributed by atoms with Crippen LogP contribution in [0, 0.1) is 12.8 Å². The summed E-state index contributed by atoms with van der Waals surface area (Å²) in [6.07, 6.45) is -0.619. The maximum absolute atomic E-state index is 13.0. The maximum atomic E-state index is 13.0. The van der Waals surface area contributed by atoms with Gasteiger partial charge in [0.25, 0.3) is 0 Å². The van der Waals surface area contributed by atoms with Crippen LogP contribution in [0.15, 0.2) is 72.8 Å². The summed E-state index contributed by atoms with van der Waals surface area (Å²) >= 11 is 0. The fourth-order valence-corrected chi connectivity index (χ4v) is 4.40. The lowest BCUT2D eigenvalue weighted by Crippen LogP contribution is -2.43. The van der Waals surface area contributed by atoms with E-state index in [0.717, 1.165) is 27.8 Å². The molecule has 0 spiro atoms. The van der Waals surface area contributed by atoms with Gasteiger partial charge in [0, 0.05) is 18.2 Å². The molecule has 0 fully saturated rings. The lowest BCUT2D eigenvalue weighted by atomic mass is 9.98. The van der Waals surface area contributed by atoms with Crippen molar-refractivity contribution in [2.24, 2.45) is 5.92 Å². The molecule has 0 aromatic heterocycles. The average molecular weight is 473 g/mol. The number of nitrogens with one attached hydrogen (secondary N) is 1. The number of ether oxygens (including phenoxy) is 1. The molecule has 0 bridgehead atoms. The van der Waals surface area contributed by atoms with Gasteiger partial charge < -0.3 is 20.1 Å². The zero-order valence-corrected chi connectivity index (χ0v) is 19.7. The van der Waals surface area contributed by atoms with E-state index in [1.54, 1.807) is 19.1 Å². The molecule has 35 heavy (non-hydrogen) atoms. The summed E-state index contributed by atoms with van der Waals surface area (Å²) in [6, 6.07) is 23.2. The van der Waals surface area contributed by atoms with Gasteiger partial charge in [-0.15, -0.1) is 0 Å². The van der Waals surface area contributed by atoms with Crippen LogP contribution in [0.2, 0.25) is 0 Å². The van der Waals surface area contributed by atoms with E-state index >= 15 is 0 Å². The molecule has 180 valence electrons. The molecule has 0 aliphatic heterocycles. The summed E-state index contributed by atoms with van der Waals surface area (Å²) in [7, 11) is 0. The van der Waals surface area contributed by atoms with E-state index in [9.17, 15) is 19.5 Å². The Bertz CT molecular complexity index is 1190. The number of carbonyl (C=O) groups excluding carboxylic acids is 2. The largest absolute Gasteiger partial charge is 0.480 e. The first-order chi connectivity index (χ1) is 16.8. The summed E-state index contributed by atoms with van der Waals surface area (Å²) in [4.78, 5) is 38.0. The fraction of sp³-hybridized carbons (Fsp3) is 0.250. The van der Waals surface area contributed by atoms with Crippen LogP contribution in [0.25, 0.3) is 11.1 Å². The van der Waals surface area contributed by atoms with Gasteiger partial charge >= 0.3 is 12.1 Å². The first kappa shape index (κ1) is 24.0. The van der Waals surface area contributed by atoms with E-state index in [1.807, 2.05) is 55.5 Å². The van der Waals surface area contributed by atoms with Crippen LogP contribution in [0.5, 0.6) is 0 Å². The second-order valence-electron chi connectivity index (χ2n) is 8.76. The minimum atomic E-state index is -1.12. The third-order valence-corrected chi connectivity index (χ3v) is 6.22. The van der Waals surface area contributed by atoms with Crippen LogP contribution in [0.1, 0.15) is 29.5 Å². The number of hydrogen-bond acceptors (Lipinski definition) is 4. The maximum Gasteiger partial charge on any atom is 0.407 e. The molecule has 2 N–H and O–H groups in total. The lowest BCUT2D eigenvalue weighted by molar-refractivity contribution is -0.137. The number of hydrogen-bond donors (Lipinski definition) is 2. The number of rotatable bonds is 8. The molecule has 0 saturated carbocycles. The molecular formula is C28H28N2O5. The van der Waals surface area contributed by atoms with Gasteiger partial charge in [-0.3, -0.25) is 9.59 Å². The van der Waals surface area contributed by atoms with Gasteiger partial charge in [0.05, 0.1) is 5.92 Å². The van der Waals surface area contributed by atoms with E-state index in [4.69, 9.17) is 4.74 Å². The quantitative estimate of drug-likeness (QED) is 0.500. The minimum Gasteiger partial charge on any atom is -0.480 e. The summed E-state index contributed by atoms with van der Waals surface area (Å²) in [6.45, 7) is 3.30. The highest BCUT2D eigenvalue weighted by Gasteiger charge is 2.29. The molecule has 3 aromatic rings. The normalized spacial score (nSPS) is 12.9. The number of benzene rings is 3. The Morgan fingerprint density at radius 1 is 0.943 bits per heavy atom. The third kappa shape index (κ3) is 5.35. The lowest BCUT2D eigenvalue weighted by Gasteiger charge is -2.24. The number of amides is 2. The van der Waals surface area contributed by atoms with E-state index in [0.29, 0.717) is 5.69 Å². The summed E-state index contributed by atoms with van der Waals surface area (Å²) < 4.78 is 5.52. The second kappa shape index (κ2) is 10.4. The summed E-state index contributed by atoms with van der Waals surface area (Å²) in [5.74, 6) is -2.21. The van der Waals surface area contributed by atoms with Gasteiger partial charge in [-0.05, 0) is 41.3 Å². The number of nitrogens with zero attached hydrogens (tertiary/aromatic N) is 1. The molecule has 0 saturated heterocycles. The van der Waals surface area contributed by atoms with Crippen LogP contribution in [-0.2, 0) is 14.3 Å². The summed E-state index contributed by atoms with van der Waals surface area (Å²) in [5, 5.41) is 11.9. The topological polar surface area (TPSA) is 95.9 Å². The van der Waals surface area contributed by atoms with Crippen LogP contribution in [-0.4, -0.2) is 42.8 Å². The van der Waals surface area contributed by atoms with Crippen molar-refractivity contribution < 1.29 is 24.2 Å². The van der Waals surface area contributed by atoms with Crippen molar-refractivity contribution in [3.8, 4) is 11.1 Å². The van der Waals surface area contributed by atoms with Crippen molar-refractivity contribution in [3.05, 3.63) is 89.5 Å². The predicted molar refractivity (Wildman–Crippen MR) is 133 cm³/mol. The van der Waals surface area contributed by atoms with Gasteiger partial charge in [0.15, 0.2) is 0 Å². The van der Waals surface area contributed by atoms with E-state index in [2.05, 4.69) is 17.4 Å². The van der Waals surface area contributed by atoms with Gasteiger partial charge in [-0.1, -0.05) is 73.2 Å². The molecule has 1 aliphatic carbocycles. The number of alkyl carbamates (subject to hydrolysis) is 1. The van der Waals surface area contributed by atoms with Crippen molar-refractivity contribution in [1.82, 2.24) is 5.32 Å². The number of aryl methyl sites for hydroxylation is 1. The van der Waals surface area contributed by atoms with E-state index < -0.39 is 30.4 Å². The first-order valence-corrected chi connectivity index (χ1v) is 11.5. The van der Waals surface area contributed by atoms with Crippen molar-refractivity contribution in [3.63, 3.8) is 0 Å². The van der Waals surface area contributed by atoms with Crippen molar-refractivity contribution in [2.75, 3.05) is 24.6 Å². The van der Waals surface area contributed by atoms with Crippen LogP contribution < -0.4 is 10.2 Å². The Morgan fingerprint density at radius 2 is 1.51 bits per heavy atom. The number of aliphatic carboxylic acids is 1. The Kier molecular flexibility index (Phi) is 7.15. The minimum absolute atomic E-state index is 0.0253. The summed E-state index contributed by atoms with van der Waals surface area (Å²) in [5.41, 5.74) is 6.02. The number of carboxylic acid groups (broad SMARTS) is 1. The SMILES string of the molecule is Cc1ccc(N(CC(=O)O)C(=O)C(C)CNC(=O)OCC2c3ccccc3-c3ccccc32)cc1. The predicted octanol–water partition coefficient (Wildman–Crippen LogP) is 4.59. The molecule has 0 radical (unpaired) electrons. The van der Waals surface area contributed by atoms with Crippen molar-refractivity contribution in [1.29, 1.82) is 0 Å². The highest BCUT2D eigenvalue weighted by molar-refractivity contribution is 5.98. The molecule has 1 unspecified atom stereocenters. The van der Waals surface area contributed by atoms with E-state index in [1.165, 1.54) is 4.90 Å². The molecule has 7 nitrogen and oxygen atoms in total.